The number of nitriles is 1. The molecule has 3 rings (SSSR count). The summed E-state index contributed by atoms with van der Waals surface area (Å²) in [5.41, 5.74) is 0.638. The lowest BCUT2D eigenvalue weighted by Gasteiger charge is -2.34. The van der Waals surface area contributed by atoms with Gasteiger partial charge in [0, 0.05) is 44.0 Å². The van der Waals surface area contributed by atoms with Crippen molar-refractivity contribution >= 4 is 21.7 Å². The molecule has 2 aromatic rings. The summed E-state index contributed by atoms with van der Waals surface area (Å²) in [5.74, 6) is 0.388. The quantitative estimate of drug-likeness (QED) is 0.561. The highest BCUT2D eigenvalue weighted by Crippen LogP contribution is 2.23. The molecule has 1 saturated heterocycles. The summed E-state index contributed by atoms with van der Waals surface area (Å²) in [7, 11) is -3.84. The van der Waals surface area contributed by atoms with Crippen molar-refractivity contribution in [1.82, 2.24) is 14.3 Å². The van der Waals surface area contributed by atoms with E-state index in [2.05, 4.69) is 9.97 Å². The Morgan fingerprint density at radius 3 is 2.52 bits per heavy atom. The highest BCUT2D eigenvalue weighted by atomic mass is 32.2. The van der Waals surface area contributed by atoms with Crippen LogP contribution in [0, 0.1) is 28.4 Å². The van der Waals surface area contributed by atoms with Crippen molar-refractivity contribution in [2.75, 3.05) is 31.1 Å². The van der Waals surface area contributed by atoms with Crippen molar-refractivity contribution < 1.29 is 13.3 Å². The smallest absolute Gasteiger partial charge is 0.270 e. The molecular weight excluding hydrogens is 372 g/mol. The summed E-state index contributed by atoms with van der Waals surface area (Å²) in [4.78, 5) is 20.4. The first-order chi connectivity index (χ1) is 12.8. The van der Waals surface area contributed by atoms with Crippen LogP contribution in [-0.4, -0.2) is 53.8 Å². The number of hydrogen-bond acceptors (Lipinski definition) is 8. The molecule has 27 heavy (non-hydrogen) atoms. The zero-order valence-electron chi connectivity index (χ0n) is 14.4. The van der Waals surface area contributed by atoms with E-state index in [0.29, 0.717) is 24.7 Å². The molecule has 1 fully saturated rings. The van der Waals surface area contributed by atoms with Crippen LogP contribution in [0.2, 0.25) is 0 Å². The molecule has 140 valence electrons. The molecule has 0 saturated carbocycles. The Balaban J connectivity index is 1.77. The van der Waals surface area contributed by atoms with Crippen LogP contribution in [-0.2, 0) is 10.0 Å². The molecule has 0 unspecified atom stereocenters. The molecule has 1 aliphatic heterocycles. The van der Waals surface area contributed by atoms with E-state index in [4.69, 9.17) is 5.26 Å². The third kappa shape index (κ3) is 3.86. The van der Waals surface area contributed by atoms with E-state index >= 15 is 0 Å². The Bertz CT molecular complexity index is 1030. The number of benzene rings is 1. The fraction of sp³-hybridized carbons (Fsp3) is 0.312. The summed E-state index contributed by atoms with van der Waals surface area (Å²) >= 11 is 0. The number of hydrogen-bond donors (Lipinski definition) is 0. The van der Waals surface area contributed by atoms with Gasteiger partial charge in [0.05, 0.1) is 9.82 Å². The molecule has 0 radical (unpaired) electrons. The van der Waals surface area contributed by atoms with Crippen molar-refractivity contribution in [3.63, 3.8) is 0 Å². The van der Waals surface area contributed by atoms with Crippen molar-refractivity contribution in [3.05, 3.63) is 51.8 Å². The normalized spacial score (nSPS) is 15.3. The maximum atomic E-state index is 12.8. The van der Waals surface area contributed by atoms with Crippen LogP contribution in [0.15, 0.2) is 35.2 Å². The number of nitro groups is 1. The molecule has 0 atom stereocenters. The Labute approximate surface area is 155 Å². The molecule has 10 nitrogen and oxygen atoms in total. The minimum atomic E-state index is -3.84. The number of piperazine rings is 1. The van der Waals surface area contributed by atoms with Crippen molar-refractivity contribution in [1.29, 1.82) is 5.26 Å². The monoisotopic (exact) mass is 388 g/mol. The van der Waals surface area contributed by atoms with Gasteiger partial charge in [0.2, 0.25) is 16.0 Å². The standard InChI is InChI=1S/C16H16N6O4S/c1-12-9-13(11-17)19-16(18-12)20-5-7-21(8-6-20)27(25,26)15-4-2-3-14(10-15)22(23)24/h2-4,9-10H,5-8H2,1H3. The van der Waals surface area contributed by atoms with E-state index in [1.165, 1.54) is 22.5 Å². The van der Waals surface area contributed by atoms with Gasteiger partial charge >= 0.3 is 0 Å². The van der Waals surface area contributed by atoms with Crippen LogP contribution in [0.4, 0.5) is 11.6 Å². The molecule has 11 heteroatoms. The second-order valence-corrected chi connectivity index (χ2v) is 7.89. The third-order valence-electron chi connectivity index (χ3n) is 4.14. The van der Waals surface area contributed by atoms with E-state index in [1.54, 1.807) is 13.0 Å². The molecule has 0 spiro atoms. The average molecular weight is 388 g/mol. The fourth-order valence-electron chi connectivity index (χ4n) is 2.79. The zero-order valence-corrected chi connectivity index (χ0v) is 15.3. The average Bonchev–Trinajstić information content (AvgIpc) is 2.67. The molecule has 0 amide bonds. The predicted molar refractivity (Wildman–Crippen MR) is 95.6 cm³/mol. The summed E-state index contributed by atoms with van der Waals surface area (Å²) in [6.07, 6.45) is 0. The first-order valence-corrected chi connectivity index (χ1v) is 9.50. The van der Waals surface area contributed by atoms with Crippen LogP contribution in [0.3, 0.4) is 0 Å². The van der Waals surface area contributed by atoms with Gasteiger partial charge in [-0.25, -0.2) is 18.4 Å². The number of aryl methyl sites for hydroxylation is 1. The number of non-ortho nitro benzene ring substituents is 1. The molecule has 0 aliphatic carbocycles. The van der Waals surface area contributed by atoms with Crippen molar-refractivity contribution in [2.45, 2.75) is 11.8 Å². The summed E-state index contributed by atoms with van der Waals surface area (Å²) in [6.45, 7) is 2.83. The molecular formula is C16H16N6O4S. The fourth-order valence-corrected chi connectivity index (χ4v) is 4.25. The van der Waals surface area contributed by atoms with Gasteiger partial charge in [-0.05, 0) is 19.1 Å². The van der Waals surface area contributed by atoms with Crippen LogP contribution < -0.4 is 4.90 Å². The lowest BCUT2D eigenvalue weighted by molar-refractivity contribution is -0.385. The number of anilines is 1. The highest BCUT2D eigenvalue weighted by Gasteiger charge is 2.30. The largest absolute Gasteiger partial charge is 0.338 e. The zero-order chi connectivity index (χ0) is 19.6. The SMILES string of the molecule is Cc1cc(C#N)nc(N2CCN(S(=O)(=O)c3cccc([N+](=O)[O-])c3)CC2)n1. The lowest BCUT2D eigenvalue weighted by Crippen LogP contribution is -2.49. The van der Waals surface area contributed by atoms with Crippen LogP contribution in [0.5, 0.6) is 0 Å². The maximum Gasteiger partial charge on any atom is 0.270 e. The van der Waals surface area contributed by atoms with Crippen LogP contribution >= 0.6 is 0 Å². The molecule has 1 aliphatic rings. The maximum absolute atomic E-state index is 12.8. The summed E-state index contributed by atoms with van der Waals surface area (Å²) < 4.78 is 26.8. The highest BCUT2D eigenvalue weighted by molar-refractivity contribution is 7.89. The summed E-state index contributed by atoms with van der Waals surface area (Å²) in [5, 5.41) is 19.9. The van der Waals surface area contributed by atoms with Gasteiger partial charge < -0.3 is 4.90 Å². The number of nitrogens with zero attached hydrogens (tertiary/aromatic N) is 6. The minimum absolute atomic E-state index is 0.108. The number of aromatic nitrogens is 2. The van der Waals surface area contributed by atoms with Crippen LogP contribution in [0.25, 0.3) is 0 Å². The molecule has 1 aromatic heterocycles. The van der Waals surface area contributed by atoms with Gasteiger partial charge in [0.25, 0.3) is 5.69 Å². The second-order valence-electron chi connectivity index (χ2n) is 5.95. The van der Waals surface area contributed by atoms with E-state index in [1.807, 2.05) is 11.0 Å². The Morgan fingerprint density at radius 1 is 1.19 bits per heavy atom. The number of sulfonamides is 1. The molecule has 2 heterocycles. The van der Waals surface area contributed by atoms with Crippen molar-refractivity contribution in [3.8, 4) is 6.07 Å². The topological polar surface area (TPSA) is 133 Å². The van der Waals surface area contributed by atoms with Gasteiger partial charge in [0.1, 0.15) is 11.8 Å². The van der Waals surface area contributed by atoms with Gasteiger partial charge in [-0.3, -0.25) is 10.1 Å². The van der Waals surface area contributed by atoms with Crippen LogP contribution in [0.1, 0.15) is 11.4 Å². The van der Waals surface area contributed by atoms with E-state index in [9.17, 15) is 18.5 Å². The molecule has 0 bridgehead atoms. The minimum Gasteiger partial charge on any atom is -0.338 e. The van der Waals surface area contributed by atoms with Crippen molar-refractivity contribution in [2.24, 2.45) is 0 Å². The van der Waals surface area contributed by atoms with E-state index < -0.39 is 14.9 Å². The number of nitro benzene ring substituents is 1. The first-order valence-electron chi connectivity index (χ1n) is 8.06. The lowest BCUT2D eigenvalue weighted by atomic mass is 10.3. The Kier molecular flexibility index (Phi) is 5.02. The molecule has 1 aromatic carbocycles. The number of rotatable bonds is 4. The van der Waals surface area contributed by atoms with Gasteiger partial charge in [0.15, 0.2) is 0 Å². The summed E-state index contributed by atoms with van der Waals surface area (Å²) in [6, 6.07) is 8.56. The predicted octanol–water partition coefficient (Wildman–Crippen LogP) is 1.08. The Hall–Kier alpha value is -3.10. The first kappa shape index (κ1) is 18.7. The third-order valence-corrected chi connectivity index (χ3v) is 6.04. The van der Waals surface area contributed by atoms with Gasteiger partial charge in [-0.1, -0.05) is 6.07 Å². The van der Waals surface area contributed by atoms with Gasteiger partial charge in [-0.2, -0.15) is 9.57 Å². The second kappa shape index (κ2) is 7.26. The molecule has 0 N–H and O–H groups in total. The Morgan fingerprint density at radius 2 is 1.89 bits per heavy atom. The van der Waals surface area contributed by atoms with E-state index in [-0.39, 0.29) is 29.4 Å². The van der Waals surface area contributed by atoms with E-state index in [0.717, 1.165) is 6.07 Å². The van der Waals surface area contributed by atoms with Gasteiger partial charge in [-0.15, -0.1) is 0 Å².